The van der Waals surface area contributed by atoms with E-state index in [0.717, 1.165) is 5.56 Å². The number of imidazole rings is 1. The average molecular weight is 414 g/mol. The first-order chi connectivity index (χ1) is 14.5. The first-order valence-corrected chi connectivity index (χ1v) is 9.45. The SMILES string of the molecule is [2H]c1nc2ncn(C)c2c(=O)n1Cc1nc(C2COC(c3ccc(Cl)cc3)C2)no1. The van der Waals surface area contributed by atoms with Crippen molar-refractivity contribution in [3.8, 4) is 0 Å². The normalized spacial score (nSPS) is 19.7. The smallest absolute Gasteiger partial charge is 0.280 e. The Kier molecular flexibility index (Phi) is 4.12. The summed E-state index contributed by atoms with van der Waals surface area (Å²) in [5.74, 6) is 0.738. The van der Waals surface area contributed by atoms with Gasteiger partial charge in [0, 0.05) is 18.0 Å². The first-order valence-electron chi connectivity index (χ1n) is 9.57. The number of rotatable bonds is 4. The maximum atomic E-state index is 12.7. The van der Waals surface area contributed by atoms with Crippen LogP contribution in [0.4, 0.5) is 0 Å². The lowest BCUT2D eigenvalue weighted by Gasteiger charge is -2.09. The lowest BCUT2D eigenvalue weighted by atomic mass is 10.0. The van der Waals surface area contributed by atoms with Crippen molar-refractivity contribution < 1.29 is 10.6 Å². The van der Waals surface area contributed by atoms with E-state index in [1.54, 1.807) is 11.6 Å². The molecule has 29 heavy (non-hydrogen) atoms. The Labute approximate surface area is 171 Å². The third kappa shape index (κ3) is 3.32. The van der Waals surface area contributed by atoms with Gasteiger partial charge in [-0.1, -0.05) is 28.9 Å². The molecule has 1 aliphatic rings. The quantitative estimate of drug-likeness (QED) is 0.506. The van der Waals surface area contributed by atoms with Crippen LogP contribution in [0.3, 0.4) is 0 Å². The monoisotopic (exact) mass is 413 g/mol. The van der Waals surface area contributed by atoms with Crippen molar-refractivity contribution in [2.45, 2.75) is 25.0 Å². The molecular formula is C19H17ClN6O3. The zero-order chi connectivity index (χ0) is 20.8. The van der Waals surface area contributed by atoms with Gasteiger partial charge in [0.2, 0.25) is 5.89 Å². The molecule has 4 heterocycles. The van der Waals surface area contributed by atoms with Gasteiger partial charge >= 0.3 is 0 Å². The van der Waals surface area contributed by atoms with E-state index in [2.05, 4.69) is 20.1 Å². The molecule has 1 aliphatic heterocycles. The maximum Gasteiger partial charge on any atom is 0.280 e. The topological polar surface area (TPSA) is 101 Å². The lowest BCUT2D eigenvalue weighted by molar-refractivity contribution is 0.110. The van der Waals surface area contributed by atoms with E-state index < -0.39 is 0 Å². The molecule has 9 nitrogen and oxygen atoms in total. The highest BCUT2D eigenvalue weighted by Crippen LogP contribution is 2.37. The third-order valence-electron chi connectivity index (χ3n) is 5.02. The van der Waals surface area contributed by atoms with Gasteiger partial charge in [-0.05, 0) is 24.1 Å². The number of fused-ring (bicyclic) bond motifs is 1. The molecular weight excluding hydrogens is 396 g/mol. The van der Waals surface area contributed by atoms with Crippen LogP contribution in [0.15, 0.2) is 46.2 Å². The van der Waals surface area contributed by atoms with Gasteiger partial charge in [0.15, 0.2) is 17.0 Å². The van der Waals surface area contributed by atoms with Gasteiger partial charge in [-0.2, -0.15) is 4.98 Å². The predicted octanol–water partition coefficient (Wildman–Crippen LogP) is 2.46. The highest BCUT2D eigenvalue weighted by atomic mass is 35.5. The van der Waals surface area contributed by atoms with E-state index in [9.17, 15) is 4.79 Å². The van der Waals surface area contributed by atoms with E-state index >= 15 is 0 Å². The van der Waals surface area contributed by atoms with Crippen LogP contribution < -0.4 is 5.56 Å². The number of ether oxygens (including phenoxy) is 1. The molecule has 1 saturated heterocycles. The van der Waals surface area contributed by atoms with Crippen molar-refractivity contribution in [1.82, 2.24) is 29.2 Å². The summed E-state index contributed by atoms with van der Waals surface area (Å²) in [6.07, 6.45) is 1.93. The molecule has 2 atom stereocenters. The van der Waals surface area contributed by atoms with E-state index in [0.29, 0.717) is 29.4 Å². The first kappa shape index (κ1) is 16.9. The number of hydrogen-bond donors (Lipinski definition) is 0. The standard InChI is InChI=1S/C19H17ClN6O3/c1-25-9-21-18-16(25)19(27)26(10-22-18)7-15-23-17(24-29-15)12-6-14(28-8-12)11-2-4-13(20)5-3-11/h2-5,9-10,12,14H,6-8H2,1H3/i10D. The Morgan fingerprint density at radius 1 is 1.31 bits per heavy atom. The fourth-order valence-electron chi connectivity index (χ4n) is 3.48. The van der Waals surface area contributed by atoms with E-state index in [1.807, 2.05) is 24.3 Å². The highest BCUT2D eigenvalue weighted by molar-refractivity contribution is 6.30. The van der Waals surface area contributed by atoms with Gasteiger partial charge in [-0.15, -0.1) is 0 Å². The fourth-order valence-corrected chi connectivity index (χ4v) is 3.61. The van der Waals surface area contributed by atoms with Crippen LogP contribution in [-0.4, -0.2) is 35.8 Å². The van der Waals surface area contributed by atoms with E-state index in [1.165, 1.54) is 10.9 Å². The Balaban J connectivity index is 1.35. The minimum atomic E-state index is -0.378. The van der Waals surface area contributed by atoms with Crippen molar-refractivity contribution in [2.75, 3.05) is 6.61 Å². The van der Waals surface area contributed by atoms with Gasteiger partial charge in [0.1, 0.15) is 14.2 Å². The Morgan fingerprint density at radius 3 is 2.97 bits per heavy atom. The molecule has 0 N–H and O–H groups in total. The Hall–Kier alpha value is -3.04. The number of halogens is 1. The summed E-state index contributed by atoms with van der Waals surface area (Å²) in [7, 11) is 1.70. The molecule has 0 aliphatic carbocycles. The van der Waals surface area contributed by atoms with Crippen LogP contribution in [-0.2, 0) is 18.3 Å². The van der Waals surface area contributed by atoms with Gasteiger partial charge in [-0.3, -0.25) is 9.36 Å². The molecule has 0 radical (unpaired) electrons. The zero-order valence-corrected chi connectivity index (χ0v) is 16.2. The van der Waals surface area contributed by atoms with Crippen LogP contribution >= 0.6 is 11.6 Å². The molecule has 0 saturated carbocycles. The van der Waals surface area contributed by atoms with E-state index in [-0.39, 0.29) is 42.0 Å². The van der Waals surface area contributed by atoms with Gasteiger partial charge in [0.05, 0.1) is 19.0 Å². The summed E-state index contributed by atoms with van der Waals surface area (Å²) in [5.41, 5.74) is 1.23. The van der Waals surface area contributed by atoms with Gasteiger partial charge in [0.25, 0.3) is 5.56 Å². The summed E-state index contributed by atoms with van der Waals surface area (Å²) in [6, 6.07) is 7.56. The Morgan fingerprint density at radius 2 is 2.14 bits per heavy atom. The second-order valence-corrected chi connectivity index (χ2v) is 7.42. The summed E-state index contributed by atoms with van der Waals surface area (Å²) in [4.78, 5) is 25.3. The molecule has 2 unspecified atom stereocenters. The van der Waals surface area contributed by atoms with Crippen LogP contribution in [0.1, 0.15) is 37.1 Å². The second-order valence-electron chi connectivity index (χ2n) is 6.98. The number of aryl methyl sites for hydroxylation is 1. The highest BCUT2D eigenvalue weighted by Gasteiger charge is 2.31. The largest absolute Gasteiger partial charge is 0.373 e. The van der Waals surface area contributed by atoms with Crippen molar-refractivity contribution >= 4 is 22.8 Å². The zero-order valence-electron chi connectivity index (χ0n) is 16.4. The van der Waals surface area contributed by atoms with Crippen LogP contribution in [0.5, 0.6) is 0 Å². The lowest BCUT2D eigenvalue weighted by Crippen LogP contribution is -2.22. The van der Waals surface area contributed by atoms with E-state index in [4.69, 9.17) is 22.2 Å². The molecule has 1 fully saturated rings. The second kappa shape index (κ2) is 7.09. The molecule has 4 aromatic rings. The van der Waals surface area contributed by atoms with Gasteiger partial charge in [-0.25, -0.2) is 9.97 Å². The van der Waals surface area contributed by atoms with Gasteiger partial charge < -0.3 is 13.8 Å². The molecule has 1 aromatic carbocycles. The molecule has 10 heteroatoms. The predicted molar refractivity (Wildman–Crippen MR) is 104 cm³/mol. The van der Waals surface area contributed by atoms with Crippen molar-refractivity contribution in [3.63, 3.8) is 0 Å². The van der Waals surface area contributed by atoms with Crippen molar-refractivity contribution in [1.29, 1.82) is 0 Å². The number of aromatic nitrogens is 6. The molecule has 148 valence electrons. The summed E-state index contributed by atoms with van der Waals surface area (Å²) < 4.78 is 22.0. The van der Waals surface area contributed by atoms with Crippen LogP contribution in [0, 0.1) is 0 Å². The third-order valence-corrected chi connectivity index (χ3v) is 5.28. The van der Waals surface area contributed by atoms with Crippen molar-refractivity contribution in [2.24, 2.45) is 7.05 Å². The van der Waals surface area contributed by atoms with Crippen LogP contribution in [0.2, 0.25) is 5.02 Å². The molecule has 3 aromatic heterocycles. The number of nitrogens with zero attached hydrogens (tertiary/aromatic N) is 6. The summed E-state index contributed by atoms with van der Waals surface area (Å²) >= 11 is 5.95. The molecule has 0 amide bonds. The minimum absolute atomic E-state index is 0.0203. The Bertz CT molecular complexity index is 1280. The van der Waals surface area contributed by atoms with Crippen molar-refractivity contribution in [3.05, 3.63) is 69.6 Å². The fraction of sp³-hybridized carbons (Fsp3) is 0.316. The molecule has 0 spiro atoms. The molecule has 5 rings (SSSR count). The molecule has 0 bridgehead atoms. The number of benzene rings is 1. The summed E-state index contributed by atoms with van der Waals surface area (Å²) in [6.45, 7) is 0.436. The maximum absolute atomic E-state index is 12.7. The number of hydrogen-bond acceptors (Lipinski definition) is 7. The minimum Gasteiger partial charge on any atom is -0.373 e. The van der Waals surface area contributed by atoms with Crippen LogP contribution in [0.25, 0.3) is 11.2 Å². The average Bonchev–Trinajstić information content (AvgIpc) is 3.46. The summed E-state index contributed by atoms with van der Waals surface area (Å²) in [5, 5.41) is 4.74.